The van der Waals surface area contributed by atoms with Crippen LogP contribution in [0.15, 0.2) is 48.5 Å². The molecule has 1 heterocycles. The molecule has 0 radical (unpaired) electrons. The number of amides is 1. The smallest absolute Gasteiger partial charge is 0.232 e. The number of nitrogen functional groups attached to an aromatic ring is 1. The molecule has 0 fully saturated rings. The van der Waals surface area contributed by atoms with Gasteiger partial charge >= 0.3 is 0 Å². The van der Waals surface area contributed by atoms with Crippen molar-refractivity contribution in [2.75, 3.05) is 16.8 Å². The summed E-state index contributed by atoms with van der Waals surface area (Å²) in [7, 11) is 0. The molecule has 0 aliphatic rings. The molecular formula is C20H20ClFN6OS. The minimum atomic E-state index is -0.330. The number of halogens is 2. The zero-order valence-electron chi connectivity index (χ0n) is 15.9. The third kappa shape index (κ3) is 6.85. The maximum atomic E-state index is 13.0. The number of nitrogens with one attached hydrogen (secondary N) is 2. The van der Waals surface area contributed by atoms with Crippen molar-refractivity contribution in [1.82, 2.24) is 20.3 Å². The maximum Gasteiger partial charge on any atom is 0.232 e. The Labute approximate surface area is 182 Å². The molecule has 30 heavy (non-hydrogen) atoms. The van der Waals surface area contributed by atoms with Crippen molar-refractivity contribution in [2.24, 2.45) is 0 Å². The molecule has 0 saturated heterocycles. The summed E-state index contributed by atoms with van der Waals surface area (Å²) in [5, 5.41) is 6.45. The van der Waals surface area contributed by atoms with E-state index in [1.54, 1.807) is 18.2 Å². The van der Waals surface area contributed by atoms with E-state index in [9.17, 15) is 9.18 Å². The summed E-state index contributed by atoms with van der Waals surface area (Å²) in [6.07, 6.45) is 0.358. The second-order valence-corrected chi connectivity index (χ2v) is 7.75. The molecule has 1 amide bonds. The van der Waals surface area contributed by atoms with E-state index in [1.165, 1.54) is 23.9 Å². The summed E-state index contributed by atoms with van der Waals surface area (Å²) >= 11 is 7.59. The lowest BCUT2D eigenvalue weighted by Crippen LogP contribution is -2.23. The lowest BCUT2D eigenvalue weighted by molar-refractivity contribution is -0.120. The van der Waals surface area contributed by atoms with Gasteiger partial charge in [-0.05, 0) is 35.9 Å². The number of carbonyl (C=O) groups is 1. The minimum Gasteiger partial charge on any atom is -0.368 e. The molecule has 1 aromatic heterocycles. The fraction of sp³-hybridized carbons (Fsp3) is 0.200. The van der Waals surface area contributed by atoms with Gasteiger partial charge in [-0.1, -0.05) is 29.8 Å². The average Bonchev–Trinajstić information content (AvgIpc) is 2.72. The molecule has 0 saturated carbocycles. The summed E-state index contributed by atoms with van der Waals surface area (Å²) in [6, 6.07) is 13.2. The van der Waals surface area contributed by atoms with Crippen LogP contribution in [0.5, 0.6) is 0 Å². The zero-order chi connectivity index (χ0) is 21.3. The Morgan fingerprint density at radius 3 is 2.63 bits per heavy atom. The Balaban J connectivity index is 1.44. The summed E-state index contributed by atoms with van der Waals surface area (Å²) in [6.45, 7) is 0.394. The summed E-state index contributed by atoms with van der Waals surface area (Å²) in [5.41, 5.74) is 7.26. The van der Waals surface area contributed by atoms with E-state index in [2.05, 4.69) is 25.6 Å². The zero-order valence-corrected chi connectivity index (χ0v) is 17.5. The third-order valence-corrected chi connectivity index (χ3v) is 5.26. The van der Waals surface area contributed by atoms with Gasteiger partial charge in [-0.15, -0.1) is 0 Å². The first-order chi connectivity index (χ1) is 14.5. The molecule has 4 N–H and O–H groups in total. The van der Waals surface area contributed by atoms with Gasteiger partial charge in [-0.25, -0.2) is 4.39 Å². The van der Waals surface area contributed by atoms with Crippen molar-refractivity contribution in [1.29, 1.82) is 0 Å². The Bertz CT molecular complexity index is 1000. The maximum absolute atomic E-state index is 13.0. The van der Waals surface area contributed by atoms with E-state index in [4.69, 9.17) is 17.3 Å². The van der Waals surface area contributed by atoms with Crippen molar-refractivity contribution >= 4 is 46.9 Å². The number of benzene rings is 2. The molecular weight excluding hydrogens is 427 g/mol. The quantitative estimate of drug-likeness (QED) is 0.427. The molecule has 0 unspecified atom stereocenters. The van der Waals surface area contributed by atoms with Crippen LogP contribution in [0, 0.1) is 5.82 Å². The van der Waals surface area contributed by atoms with E-state index < -0.39 is 0 Å². The number of carbonyl (C=O) groups excluding carboxylic acids is 1. The van der Waals surface area contributed by atoms with Gasteiger partial charge in [0, 0.05) is 29.4 Å². The number of nitrogens with zero attached hydrogens (tertiary/aromatic N) is 3. The number of aromatic nitrogens is 3. The van der Waals surface area contributed by atoms with Gasteiger partial charge in [0.05, 0.1) is 5.75 Å². The molecule has 2 aromatic carbocycles. The predicted molar refractivity (Wildman–Crippen MR) is 118 cm³/mol. The van der Waals surface area contributed by atoms with Crippen LogP contribution in [0.4, 0.5) is 22.0 Å². The molecule has 0 bridgehead atoms. The second-order valence-electron chi connectivity index (χ2n) is 6.24. The Morgan fingerprint density at radius 2 is 1.87 bits per heavy atom. The summed E-state index contributed by atoms with van der Waals surface area (Å²) in [5.74, 6) is 1.54. The molecule has 156 valence electrons. The first-order valence-corrected chi connectivity index (χ1v) is 10.6. The number of nitrogens with two attached hydrogens (primary N) is 1. The van der Waals surface area contributed by atoms with Crippen LogP contribution in [0.2, 0.25) is 5.02 Å². The molecule has 0 atom stereocenters. The van der Waals surface area contributed by atoms with Crippen LogP contribution in [-0.2, 0) is 17.1 Å². The molecule has 0 aliphatic heterocycles. The SMILES string of the molecule is Nc1nc(CSCCC(=O)NCc2ccccc2Cl)nc(Nc2ccc(F)cc2)n1. The van der Waals surface area contributed by atoms with Gasteiger partial charge < -0.3 is 16.4 Å². The normalized spacial score (nSPS) is 10.6. The van der Waals surface area contributed by atoms with Gasteiger partial charge in [0.25, 0.3) is 0 Å². The van der Waals surface area contributed by atoms with Crippen LogP contribution < -0.4 is 16.4 Å². The van der Waals surface area contributed by atoms with Crippen molar-refractivity contribution in [2.45, 2.75) is 18.7 Å². The van der Waals surface area contributed by atoms with E-state index in [0.717, 1.165) is 5.56 Å². The minimum absolute atomic E-state index is 0.0590. The Kier molecular flexibility index (Phi) is 7.81. The highest BCUT2D eigenvalue weighted by atomic mass is 35.5. The Hall–Kier alpha value is -2.91. The van der Waals surface area contributed by atoms with Crippen LogP contribution in [0.3, 0.4) is 0 Å². The van der Waals surface area contributed by atoms with E-state index in [1.807, 2.05) is 18.2 Å². The molecule has 3 aromatic rings. The highest BCUT2D eigenvalue weighted by Gasteiger charge is 2.07. The standard InChI is InChI=1S/C20H20ClFN6OS/c21-16-4-2-1-3-13(16)11-24-18(29)9-10-30-12-17-26-19(23)28-20(27-17)25-15-7-5-14(22)6-8-15/h1-8H,9-12H2,(H,24,29)(H3,23,25,26,27,28). The third-order valence-electron chi connectivity index (χ3n) is 3.94. The monoisotopic (exact) mass is 446 g/mol. The second kappa shape index (κ2) is 10.7. The lowest BCUT2D eigenvalue weighted by atomic mass is 10.2. The van der Waals surface area contributed by atoms with Crippen molar-refractivity contribution in [3.8, 4) is 0 Å². The van der Waals surface area contributed by atoms with E-state index in [0.29, 0.717) is 41.0 Å². The molecule has 0 aliphatic carbocycles. The molecule has 3 rings (SSSR count). The van der Waals surface area contributed by atoms with Gasteiger partial charge in [-0.3, -0.25) is 4.79 Å². The van der Waals surface area contributed by atoms with Crippen LogP contribution >= 0.6 is 23.4 Å². The number of hydrogen-bond acceptors (Lipinski definition) is 7. The Morgan fingerprint density at radius 1 is 1.10 bits per heavy atom. The highest BCUT2D eigenvalue weighted by molar-refractivity contribution is 7.98. The van der Waals surface area contributed by atoms with E-state index in [-0.39, 0.29) is 23.6 Å². The fourth-order valence-electron chi connectivity index (χ4n) is 2.47. The van der Waals surface area contributed by atoms with Crippen LogP contribution in [-0.4, -0.2) is 26.6 Å². The highest BCUT2D eigenvalue weighted by Crippen LogP contribution is 2.17. The lowest BCUT2D eigenvalue weighted by Gasteiger charge is -2.08. The number of rotatable bonds is 9. The largest absolute Gasteiger partial charge is 0.368 e. The molecule has 7 nitrogen and oxygen atoms in total. The van der Waals surface area contributed by atoms with Crippen LogP contribution in [0.1, 0.15) is 17.8 Å². The number of thioether (sulfide) groups is 1. The van der Waals surface area contributed by atoms with Crippen molar-refractivity contribution in [3.63, 3.8) is 0 Å². The number of hydrogen-bond donors (Lipinski definition) is 3. The van der Waals surface area contributed by atoms with Gasteiger partial charge in [0.1, 0.15) is 11.6 Å². The van der Waals surface area contributed by atoms with Gasteiger partial charge in [-0.2, -0.15) is 26.7 Å². The predicted octanol–water partition coefficient (Wildman–Crippen LogP) is 3.93. The summed E-state index contributed by atoms with van der Waals surface area (Å²) in [4.78, 5) is 24.5. The topological polar surface area (TPSA) is 106 Å². The number of anilines is 3. The molecule has 0 spiro atoms. The van der Waals surface area contributed by atoms with Crippen molar-refractivity contribution < 1.29 is 9.18 Å². The van der Waals surface area contributed by atoms with Gasteiger partial charge in [0.15, 0.2) is 0 Å². The molecule has 10 heteroatoms. The fourth-order valence-corrected chi connectivity index (χ4v) is 3.46. The van der Waals surface area contributed by atoms with E-state index >= 15 is 0 Å². The summed E-state index contributed by atoms with van der Waals surface area (Å²) < 4.78 is 13.0. The van der Waals surface area contributed by atoms with Gasteiger partial charge in [0.2, 0.25) is 17.8 Å². The first kappa shape index (κ1) is 21.8. The van der Waals surface area contributed by atoms with Crippen LogP contribution in [0.25, 0.3) is 0 Å². The average molecular weight is 447 g/mol. The van der Waals surface area contributed by atoms with Crippen molar-refractivity contribution in [3.05, 3.63) is 70.8 Å². The first-order valence-electron chi connectivity index (χ1n) is 9.10.